The van der Waals surface area contributed by atoms with Gasteiger partial charge >= 0.3 is 0 Å². The van der Waals surface area contributed by atoms with E-state index in [9.17, 15) is 5.11 Å². The first-order chi connectivity index (χ1) is 13.1. The summed E-state index contributed by atoms with van der Waals surface area (Å²) in [5, 5.41) is 14.7. The van der Waals surface area contributed by atoms with E-state index < -0.39 is 45.3 Å². The number of benzene rings is 1. The molecule has 0 aromatic heterocycles. The third-order valence-corrected chi connectivity index (χ3v) is 10.2. The van der Waals surface area contributed by atoms with Crippen molar-refractivity contribution in [3.8, 4) is 0 Å². The highest BCUT2D eigenvalue weighted by atomic mass is 28.4. The predicted octanol–water partition coefficient (Wildman–Crippen LogP) is 3.89. The number of hydrogen-bond donors (Lipinski definition) is 1. The summed E-state index contributed by atoms with van der Waals surface area (Å²) in [6.07, 6.45) is -3.68. The molecule has 28 heavy (non-hydrogen) atoms. The molecule has 0 radical (unpaired) electrons. The second kappa shape index (κ2) is 8.12. The van der Waals surface area contributed by atoms with Crippen molar-refractivity contribution in [2.45, 2.75) is 75.8 Å². The molecule has 2 aliphatic rings. The number of hydrogen-bond acceptors (Lipinski definition) is 6. The SMILES string of the molecule is CC(C)(C)[Si](C)(C)OC1OC2COC(c3ccccc3)O[C@H]2[C@H](O)[C@@H]1N=[N+]=[N-]. The topological polar surface area (TPSA) is 106 Å². The molecule has 0 saturated carbocycles. The second-order valence-electron chi connectivity index (χ2n) is 8.78. The van der Waals surface area contributed by atoms with E-state index in [4.69, 9.17) is 24.2 Å². The van der Waals surface area contributed by atoms with Crippen LogP contribution in [0.4, 0.5) is 0 Å². The van der Waals surface area contributed by atoms with E-state index in [1.165, 1.54) is 0 Å². The smallest absolute Gasteiger partial charge is 0.195 e. The van der Waals surface area contributed by atoms with Gasteiger partial charge in [-0.05, 0) is 23.7 Å². The summed E-state index contributed by atoms with van der Waals surface area (Å²) in [7, 11) is -2.22. The summed E-state index contributed by atoms with van der Waals surface area (Å²) in [6.45, 7) is 10.8. The molecule has 8 nitrogen and oxygen atoms in total. The van der Waals surface area contributed by atoms with Crippen LogP contribution in [0.15, 0.2) is 35.4 Å². The van der Waals surface area contributed by atoms with Gasteiger partial charge in [-0.2, -0.15) is 0 Å². The monoisotopic (exact) mass is 407 g/mol. The molecule has 154 valence electrons. The first-order valence-corrected chi connectivity index (χ1v) is 12.4. The lowest BCUT2D eigenvalue weighted by Crippen LogP contribution is -2.63. The number of aliphatic hydroxyl groups excluding tert-OH is 1. The molecule has 3 unspecified atom stereocenters. The maximum absolute atomic E-state index is 10.9. The van der Waals surface area contributed by atoms with Crippen molar-refractivity contribution >= 4 is 8.32 Å². The van der Waals surface area contributed by atoms with E-state index in [0.717, 1.165) is 5.56 Å². The quantitative estimate of drug-likeness (QED) is 0.353. The molecule has 1 aromatic carbocycles. The summed E-state index contributed by atoms with van der Waals surface area (Å²) in [5.74, 6) is 0. The van der Waals surface area contributed by atoms with E-state index in [1.54, 1.807) is 0 Å². The van der Waals surface area contributed by atoms with Gasteiger partial charge in [0.15, 0.2) is 20.9 Å². The largest absolute Gasteiger partial charge is 0.392 e. The van der Waals surface area contributed by atoms with Crippen LogP contribution in [0, 0.1) is 0 Å². The molecule has 0 spiro atoms. The summed E-state index contributed by atoms with van der Waals surface area (Å²) in [6, 6.07) is 8.61. The van der Waals surface area contributed by atoms with Crippen molar-refractivity contribution in [2.24, 2.45) is 5.11 Å². The van der Waals surface area contributed by atoms with Gasteiger partial charge in [0.2, 0.25) is 0 Å². The predicted molar refractivity (Wildman–Crippen MR) is 106 cm³/mol. The van der Waals surface area contributed by atoms with E-state index >= 15 is 0 Å². The van der Waals surface area contributed by atoms with Gasteiger partial charge < -0.3 is 23.7 Å². The van der Waals surface area contributed by atoms with Gasteiger partial charge in [0, 0.05) is 10.5 Å². The molecule has 2 aliphatic heterocycles. The maximum atomic E-state index is 10.9. The van der Waals surface area contributed by atoms with Crippen LogP contribution in [0.2, 0.25) is 18.1 Å². The Bertz CT molecular complexity index is 720. The fourth-order valence-electron chi connectivity index (χ4n) is 3.10. The lowest BCUT2D eigenvalue weighted by atomic mass is 9.96. The summed E-state index contributed by atoms with van der Waals surface area (Å²) in [5.41, 5.74) is 9.87. The van der Waals surface area contributed by atoms with E-state index in [0.29, 0.717) is 0 Å². The summed E-state index contributed by atoms with van der Waals surface area (Å²) in [4.78, 5) is 2.90. The molecule has 0 bridgehead atoms. The van der Waals surface area contributed by atoms with E-state index in [2.05, 4.69) is 43.9 Å². The first kappa shape index (κ1) is 21.3. The molecule has 0 amide bonds. The van der Waals surface area contributed by atoms with Gasteiger partial charge in [-0.1, -0.05) is 56.2 Å². The molecule has 6 atom stereocenters. The average molecular weight is 408 g/mol. The lowest BCUT2D eigenvalue weighted by molar-refractivity contribution is -0.333. The average Bonchev–Trinajstić information content (AvgIpc) is 2.64. The Kier molecular flexibility index (Phi) is 6.16. The minimum atomic E-state index is -2.22. The standard InChI is InChI=1S/C19H29N3O5Si/c1-19(2,3)28(4,5)27-18-14(21-22-20)15(23)16-13(25-18)11-24-17(26-16)12-9-7-6-8-10-12/h6-10,13-18,23H,11H2,1-5H3/t13?,14-,15+,16+,17?,18?/m0/s1. The van der Waals surface area contributed by atoms with Crippen LogP contribution >= 0.6 is 0 Å². The van der Waals surface area contributed by atoms with Crippen molar-refractivity contribution < 1.29 is 23.7 Å². The number of azide groups is 1. The van der Waals surface area contributed by atoms with Gasteiger partial charge in [-0.15, -0.1) is 0 Å². The molecular weight excluding hydrogens is 378 g/mol. The number of nitrogens with zero attached hydrogens (tertiary/aromatic N) is 3. The van der Waals surface area contributed by atoms with Gasteiger partial charge in [-0.25, -0.2) is 0 Å². The molecule has 3 rings (SSSR count). The third kappa shape index (κ3) is 4.26. The van der Waals surface area contributed by atoms with Crippen LogP contribution in [0.3, 0.4) is 0 Å². The number of aliphatic hydroxyl groups is 1. The minimum Gasteiger partial charge on any atom is -0.392 e. The first-order valence-electron chi connectivity index (χ1n) is 9.51. The van der Waals surface area contributed by atoms with Gasteiger partial charge in [-0.3, -0.25) is 0 Å². The zero-order valence-electron chi connectivity index (χ0n) is 17.0. The molecule has 9 heteroatoms. The highest BCUT2D eigenvalue weighted by molar-refractivity contribution is 6.74. The van der Waals surface area contributed by atoms with Crippen molar-refractivity contribution in [2.75, 3.05) is 6.61 Å². The van der Waals surface area contributed by atoms with Crippen LogP contribution in [0.25, 0.3) is 10.4 Å². The highest BCUT2D eigenvalue weighted by Crippen LogP contribution is 2.41. The maximum Gasteiger partial charge on any atom is 0.195 e. The summed E-state index contributed by atoms with van der Waals surface area (Å²) < 4.78 is 24.2. The Morgan fingerprint density at radius 3 is 2.50 bits per heavy atom. The highest BCUT2D eigenvalue weighted by Gasteiger charge is 2.52. The Morgan fingerprint density at radius 2 is 1.89 bits per heavy atom. The molecule has 0 aliphatic carbocycles. The van der Waals surface area contributed by atoms with Gasteiger partial charge in [0.05, 0.1) is 12.7 Å². The van der Waals surface area contributed by atoms with Crippen LogP contribution in [-0.4, -0.2) is 50.7 Å². The normalized spacial score (nSPS) is 33.6. The Morgan fingerprint density at radius 1 is 1.21 bits per heavy atom. The van der Waals surface area contributed by atoms with Crippen LogP contribution in [0.5, 0.6) is 0 Å². The minimum absolute atomic E-state index is 0.0585. The van der Waals surface area contributed by atoms with Crippen molar-refractivity contribution in [1.82, 2.24) is 0 Å². The van der Waals surface area contributed by atoms with Crippen molar-refractivity contribution in [3.63, 3.8) is 0 Å². The molecule has 2 fully saturated rings. The van der Waals surface area contributed by atoms with Crippen LogP contribution in [0.1, 0.15) is 32.6 Å². The zero-order valence-corrected chi connectivity index (χ0v) is 18.0. The fraction of sp³-hybridized carbons (Fsp3) is 0.684. The third-order valence-electron chi connectivity index (χ3n) is 5.81. The van der Waals surface area contributed by atoms with Gasteiger partial charge in [0.25, 0.3) is 0 Å². The summed E-state index contributed by atoms with van der Waals surface area (Å²) >= 11 is 0. The second-order valence-corrected chi connectivity index (χ2v) is 13.5. The van der Waals surface area contributed by atoms with E-state index in [-0.39, 0.29) is 11.6 Å². The van der Waals surface area contributed by atoms with Gasteiger partial charge in [0.1, 0.15) is 18.2 Å². The van der Waals surface area contributed by atoms with Crippen molar-refractivity contribution in [3.05, 3.63) is 46.3 Å². The Balaban J connectivity index is 1.80. The molecule has 2 saturated heterocycles. The molecule has 1 aromatic rings. The van der Waals surface area contributed by atoms with Crippen LogP contribution in [-0.2, 0) is 18.6 Å². The molecule has 1 N–H and O–H groups in total. The fourth-order valence-corrected chi connectivity index (χ4v) is 4.23. The molecule has 2 heterocycles. The Hall–Kier alpha value is -1.45. The van der Waals surface area contributed by atoms with Crippen LogP contribution < -0.4 is 0 Å². The molecular formula is C19H29N3O5Si. The van der Waals surface area contributed by atoms with Crippen molar-refractivity contribution in [1.29, 1.82) is 0 Å². The number of fused-ring (bicyclic) bond motifs is 1. The number of ether oxygens (including phenoxy) is 3. The van der Waals surface area contributed by atoms with E-state index in [1.807, 2.05) is 30.3 Å². The lowest BCUT2D eigenvalue weighted by Gasteiger charge is -2.49. The Labute approximate surface area is 166 Å². The zero-order chi connectivity index (χ0) is 20.5. The number of rotatable bonds is 4.